The van der Waals surface area contributed by atoms with Crippen molar-refractivity contribution in [3.63, 3.8) is 0 Å². The smallest absolute Gasteiger partial charge is 0.271 e. The van der Waals surface area contributed by atoms with Gasteiger partial charge in [-0.2, -0.15) is 0 Å². The van der Waals surface area contributed by atoms with Gasteiger partial charge in [0.2, 0.25) is 5.91 Å². The van der Waals surface area contributed by atoms with E-state index in [0.29, 0.717) is 23.4 Å². The summed E-state index contributed by atoms with van der Waals surface area (Å²) < 4.78 is 0. The third-order valence-electron chi connectivity index (χ3n) is 6.06. The van der Waals surface area contributed by atoms with E-state index in [9.17, 15) is 14.9 Å². The van der Waals surface area contributed by atoms with Crippen molar-refractivity contribution in [3.8, 4) is 0 Å². The van der Waals surface area contributed by atoms with Gasteiger partial charge in [0.05, 0.1) is 10.3 Å². The Morgan fingerprint density at radius 3 is 2.32 bits per heavy atom. The Labute approximate surface area is 151 Å². The van der Waals surface area contributed by atoms with Crippen LogP contribution in [0.4, 0.5) is 11.4 Å². The summed E-state index contributed by atoms with van der Waals surface area (Å²) in [5, 5.41) is 16.8. The van der Waals surface area contributed by atoms with Crippen molar-refractivity contribution < 1.29 is 9.72 Å². The van der Waals surface area contributed by atoms with E-state index in [0.717, 1.165) is 19.3 Å². The zero-order valence-electron chi connectivity index (χ0n) is 13.9. The summed E-state index contributed by atoms with van der Waals surface area (Å²) in [5.74, 6) is 2.09. The SMILES string of the molecule is O=C(NC(=S)Nc1cccc([N+](=O)[O-])c1)C12CC3CC(CC(C3)C1)C2. The quantitative estimate of drug-likeness (QED) is 0.489. The normalized spacial score (nSPS) is 32.2. The molecule has 132 valence electrons. The number of hydrogen-bond donors (Lipinski definition) is 2. The summed E-state index contributed by atoms with van der Waals surface area (Å²) in [7, 11) is 0. The van der Waals surface area contributed by atoms with Crippen LogP contribution >= 0.6 is 12.2 Å². The molecule has 0 aromatic heterocycles. The molecule has 25 heavy (non-hydrogen) atoms. The first kappa shape index (κ1) is 16.4. The van der Waals surface area contributed by atoms with Gasteiger partial charge in [-0.05, 0) is 74.6 Å². The summed E-state index contributed by atoms with van der Waals surface area (Å²) in [4.78, 5) is 23.3. The van der Waals surface area contributed by atoms with Crippen molar-refractivity contribution in [3.05, 3.63) is 34.4 Å². The number of non-ortho nitro benzene ring substituents is 1. The Kier molecular flexibility index (Phi) is 3.98. The number of amides is 1. The second-order valence-corrected chi connectivity index (χ2v) is 8.32. The van der Waals surface area contributed by atoms with Gasteiger partial charge < -0.3 is 10.6 Å². The van der Waals surface area contributed by atoms with Gasteiger partial charge in [0.1, 0.15) is 0 Å². The van der Waals surface area contributed by atoms with E-state index in [4.69, 9.17) is 12.2 Å². The zero-order chi connectivity index (χ0) is 17.6. The molecule has 0 unspecified atom stereocenters. The third kappa shape index (κ3) is 3.13. The summed E-state index contributed by atoms with van der Waals surface area (Å²) in [6.45, 7) is 0. The first-order valence-electron chi connectivity index (χ1n) is 8.80. The van der Waals surface area contributed by atoms with E-state index in [1.165, 1.54) is 31.4 Å². The molecular weight excluding hydrogens is 338 g/mol. The number of hydrogen-bond acceptors (Lipinski definition) is 4. The van der Waals surface area contributed by atoms with Crippen LogP contribution in [0.1, 0.15) is 38.5 Å². The average Bonchev–Trinajstić information content (AvgIpc) is 2.53. The lowest BCUT2D eigenvalue weighted by molar-refractivity contribution is -0.384. The van der Waals surface area contributed by atoms with E-state index in [-0.39, 0.29) is 22.1 Å². The number of nitro groups is 1. The maximum Gasteiger partial charge on any atom is 0.271 e. The van der Waals surface area contributed by atoms with Crippen molar-refractivity contribution >= 4 is 34.6 Å². The van der Waals surface area contributed by atoms with Gasteiger partial charge in [0, 0.05) is 17.8 Å². The van der Waals surface area contributed by atoms with E-state index >= 15 is 0 Å². The van der Waals surface area contributed by atoms with Gasteiger partial charge in [-0.3, -0.25) is 14.9 Å². The van der Waals surface area contributed by atoms with Crippen molar-refractivity contribution in [2.45, 2.75) is 38.5 Å². The Morgan fingerprint density at radius 2 is 1.76 bits per heavy atom. The van der Waals surface area contributed by atoms with Crippen molar-refractivity contribution in [1.29, 1.82) is 0 Å². The predicted octanol–water partition coefficient (Wildman–Crippen LogP) is 3.62. The average molecular weight is 359 g/mol. The van der Waals surface area contributed by atoms with E-state index in [1.54, 1.807) is 12.1 Å². The largest absolute Gasteiger partial charge is 0.332 e. The number of nitrogens with zero attached hydrogens (tertiary/aromatic N) is 1. The molecule has 4 bridgehead atoms. The third-order valence-corrected chi connectivity index (χ3v) is 6.27. The highest BCUT2D eigenvalue weighted by molar-refractivity contribution is 7.80. The molecule has 0 saturated heterocycles. The first-order chi connectivity index (χ1) is 11.9. The molecule has 2 N–H and O–H groups in total. The molecule has 4 fully saturated rings. The molecule has 0 aliphatic heterocycles. The standard InChI is InChI=1S/C18H21N3O3S/c22-16(18-8-11-4-12(9-18)6-13(5-11)10-18)20-17(25)19-14-2-1-3-15(7-14)21(23)24/h1-3,7,11-13H,4-6,8-10H2,(H2,19,20,22,25). The maximum atomic E-state index is 12.9. The molecule has 1 aromatic carbocycles. The number of rotatable bonds is 3. The first-order valence-corrected chi connectivity index (χ1v) is 9.21. The van der Waals surface area contributed by atoms with E-state index in [1.807, 2.05) is 0 Å². The van der Waals surface area contributed by atoms with Crippen LogP contribution in [0, 0.1) is 33.3 Å². The fourth-order valence-corrected chi connectivity index (χ4v) is 5.69. The Bertz CT molecular complexity index is 714. The Hall–Kier alpha value is -2.02. The highest BCUT2D eigenvalue weighted by Gasteiger charge is 2.54. The summed E-state index contributed by atoms with van der Waals surface area (Å²) in [6.07, 6.45) is 6.77. The molecule has 1 aromatic rings. The lowest BCUT2D eigenvalue weighted by Gasteiger charge is -2.55. The molecule has 0 spiro atoms. The number of carbonyl (C=O) groups is 1. The van der Waals surface area contributed by atoms with Gasteiger partial charge in [-0.15, -0.1) is 0 Å². The van der Waals surface area contributed by atoms with Crippen LogP contribution in [-0.4, -0.2) is 15.9 Å². The lowest BCUT2D eigenvalue weighted by Crippen LogP contribution is -2.55. The molecule has 0 atom stereocenters. The van der Waals surface area contributed by atoms with Crippen LogP contribution in [0.15, 0.2) is 24.3 Å². The number of nitro benzene ring substituents is 1. The minimum Gasteiger partial charge on any atom is -0.332 e. The molecule has 4 aliphatic carbocycles. The summed E-state index contributed by atoms with van der Waals surface area (Å²) in [5.41, 5.74) is 0.230. The van der Waals surface area contributed by atoms with Gasteiger partial charge in [0.15, 0.2) is 5.11 Å². The van der Waals surface area contributed by atoms with Crippen molar-refractivity contribution in [1.82, 2.24) is 5.32 Å². The topological polar surface area (TPSA) is 84.3 Å². The van der Waals surface area contributed by atoms with Gasteiger partial charge in [-0.25, -0.2) is 0 Å². The molecule has 1 amide bonds. The molecule has 6 nitrogen and oxygen atoms in total. The molecule has 4 saturated carbocycles. The molecule has 0 heterocycles. The van der Waals surface area contributed by atoms with Crippen LogP contribution < -0.4 is 10.6 Å². The number of benzene rings is 1. The predicted molar refractivity (Wildman–Crippen MR) is 98.1 cm³/mol. The second-order valence-electron chi connectivity index (χ2n) is 7.91. The molecule has 4 aliphatic rings. The van der Waals surface area contributed by atoms with Crippen LogP contribution in [0.25, 0.3) is 0 Å². The number of anilines is 1. The minimum absolute atomic E-state index is 0.0137. The molecular formula is C18H21N3O3S. The molecule has 5 rings (SSSR count). The van der Waals surface area contributed by atoms with Crippen LogP contribution in [0.3, 0.4) is 0 Å². The van der Waals surface area contributed by atoms with Crippen LogP contribution in [0.2, 0.25) is 0 Å². The molecule has 0 radical (unpaired) electrons. The van der Waals surface area contributed by atoms with E-state index < -0.39 is 4.92 Å². The monoisotopic (exact) mass is 359 g/mol. The fraction of sp³-hybridized carbons (Fsp3) is 0.556. The van der Waals surface area contributed by atoms with E-state index in [2.05, 4.69) is 10.6 Å². The maximum absolute atomic E-state index is 12.9. The van der Waals surface area contributed by atoms with Crippen LogP contribution in [-0.2, 0) is 4.79 Å². The Morgan fingerprint density at radius 1 is 1.16 bits per heavy atom. The minimum atomic E-state index is -0.456. The van der Waals surface area contributed by atoms with Crippen LogP contribution in [0.5, 0.6) is 0 Å². The van der Waals surface area contributed by atoms with Crippen molar-refractivity contribution in [2.24, 2.45) is 23.2 Å². The van der Waals surface area contributed by atoms with Crippen molar-refractivity contribution in [2.75, 3.05) is 5.32 Å². The fourth-order valence-electron chi connectivity index (χ4n) is 5.48. The van der Waals surface area contributed by atoms with Gasteiger partial charge in [0.25, 0.3) is 5.69 Å². The number of thiocarbonyl (C=S) groups is 1. The summed E-state index contributed by atoms with van der Waals surface area (Å²) in [6, 6.07) is 6.10. The lowest BCUT2D eigenvalue weighted by atomic mass is 9.49. The second kappa shape index (κ2) is 6.05. The molecule has 7 heteroatoms. The highest BCUT2D eigenvalue weighted by Crippen LogP contribution is 2.60. The van der Waals surface area contributed by atoms with Gasteiger partial charge >= 0.3 is 0 Å². The highest BCUT2D eigenvalue weighted by atomic mass is 32.1. The Balaban J connectivity index is 1.42. The van der Waals surface area contributed by atoms with Gasteiger partial charge in [-0.1, -0.05) is 6.07 Å². The zero-order valence-corrected chi connectivity index (χ0v) is 14.7. The number of carbonyl (C=O) groups excluding carboxylic acids is 1. The summed E-state index contributed by atoms with van der Waals surface area (Å²) >= 11 is 5.26. The number of nitrogens with one attached hydrogen (secondary N) is 2.